The molecule has 0 aromatic heterocycles. The quantitative estimate of drug-likeness (QED) is 0.449. The highest BCUT2D eigenvalue weighted by Crippen LogP contribution is 2.43. The first-order chi connectivity index (χ1) is 16.2. The van der Waals surface area contributed by atoms with Crippen LogP contribution < -0.4 is 0 Å². The van der Waals surface area contributed by atoms with Crippen LogP contribution >= 0.6 is 0 Å². The second-order valence-corrected chi connectivity index (χ2v) is 8.69. The molecule has 0 spiro atoms. The summed E-state index contributed by atoms with van der Waals surface area (Å²) in [5.41, 5.74) is -2.52. The number of benzene rings is 2. The normalized spacial score (nSPS) is 21.9. The third-order valence-corrected chi connectivity index (χ3v) is 6.23. The summed E-state index contributed by atoms with van der Waals surface area (Å²) in [4.78, 5) is 12.8. The molecule has 0 radical (unpaired) electrons. The molecule has 2 aromatic carbocycles. The third kappa shape index (κ3) is 6.52. The van der Waals surface area contributed by atoms with Crippen LogP contribution in [-0.2, 0) is 21.9 Å². The number of ether oxygens (including phenoxy) is 1. The van der Waals surface area contributed by atoms with E-state index >= 15 is 0 Å². The van der Waals surface area contributed by atoms with Crippen molar-refractivity contribution in [2.24, 2.45) is 0 Å². The molecule has 11 heteroatoms. The molecule has 1 N–H and O–H groups in total. The lowest BCUT2D eigenvalue weighted by molar-refractivity contribution is -0.143. The van der Waals surface area contributed by atoms with Crippen molar-refractivity contribution in [3.8, 4) is 0 Å². The maximum absolute atomic E-state index is 13.5. The van der Waals surface area contributed by atoms with Crippen molar-refractivity contribution in [3.05, 3.63) is 70.5 Å². The number of carboxylic acid groups (broad SMARTS) is 1. The standard InChI is InChI=1S/C24H24F7NO3/c1-13(15-9-16(23(26,27)28)11-17(10-15)24(29,30)31)35-20-8-7-19(32(2)12-21(33)34)22(20)14-3-5-18(25)6-4-14/h3-6,9-11,13,19-20,22H,7-8,12H2,1-2H3,(H,33,34)/t13-,19?,20?,22?/m1/s1. The molecule has 0 bridgehead atoms. The number of alkyl halides is 6. The summed E-state index contributed by atoms with van der Waals surface area (Å²) in [6, 6.07) is 6.46. The summed E-state index contributed by atoms with van der Waals surface area (Å²) < 4.78 is 99.1. The number of hydrogen-bond acceptors (Lipinski definition) is 3. The second-order valence-electron chi connectivity index (χ2n) is 8.69. The lowest BCUT2D eigenvalue weighted by atomic mass is 9.91. The summed E-state index contributed by atoms with van der Waals surface area (Å²) in [6.07, 6.45) is -10.9. The number of aliphatic carboxylic acids is 1. The molecule has 4 atom stereocenters. The summed E-state index contributed by atoms with van der Waals surface area (Å²) in [7, 11) is 1.60. The molecule has 4 nitrogen and oxygen atoms in total. The van der Waals surface area contributed by atoms with Crippen molar-refractivity contribution in [2.45, 2.75) is 56.3 Å². The van der Waals surface area contributed by atoms with Gasteiger partial charge in [-0.25, -0.2) is 4.39 Å². The molecule has 3 unspecified atom stereocenters. The lowest BCUT2D eigenvalue weighted by Crippen LogP contribution is -2.39. The number of carbonyl (C=O) groups is 1. The Hall–Kier alpha value is -2.66. The molecule has 192 valence electrons. The SMILES string of the molecule is C[C@@H](OC1CCC(N(C)CC(=O)O)C1c1ccc(F)cc1)c1cc(C(F)(F)F)cc(C(F)(F)F)c1. The van der Waals surface area contributed by atoms with Gasteiger partial charge in [-0.1, -0.05) is 12.1 Å². The average molecular weight is 507 g/mol. The maximum atomic E-state index is 13.5. The van der Waals surface area contributed by atoms with Crippen LogP contribution in [0.25, 0.3) is 0 Å². The van der Waals surface area contributed by atoms with Gasteiger partial charge in [-0.15, -0.1) is 0 Å². The van der Waals surface area contributed by atoms with E-state index in [1.165, 1.54) is 31.2 Å². The molecular formula is C24H24F7NO3. The lowest BCUT2D eigenvalue weighted by Gasteiger charge is -2.32. The van der Waals surface area contributed by atoms with Gasteiger partial charge in [0.15, 0.2) is 0 Å². The fourth-order valence-corrected chi connectivity index (χ4v) is 4.60. The number of rotatable bonds is 7. The van der Waals surface area contributed by atoms with Gasteiger partial charge in [0.05, 0.1) is 29.9 Å². The van der Waals surface area contributed by atoms with E-state index in [0.717, 1.165) is 0 Å². The molecule has 0 saturated heterocycles. The Balaban J connectivity index is 1.94. The molecule has 1 aliphatic rings. The van der Waals surface area contributed by atoms with Crippen molar-refractivity contribution in [3.63, 3.8) is 0 Å². The molecule has 0 aliphatic heterocycles. The number of hydrogen-bond donors (Lipinski definition) is 1. The van der Waals surface area contributed by atoms with Crippen LogP contribution in [0.4, 0.5) is 30.7 Å². The number of halogens is 7. The van der Waals surface area contributed by atoms with Gasteiger partial charge < -0.3 is 9.84 Å². The first-order valence-corrected chi connectivity index (χ1v) is 10.8. The van der Waals surface area contributed by atoms with Crippen LogP contribution in [0.5, 0.6) is 0 Å². The van der Waals surface area contributed by atoms with E-state index in [2.05, 4.69) is 0 Å². The van der Waals surface area contributed by atoms with Gasteiger partial charge in [-0.3, -0.25) is 9.69 Å². The number of likely N-dealkylation sites (N-methyl/N-ethyl adjacent to an activating group) is 1. The molecule has 1 aliphatic carbocycles. The minimum absolute atomic E-state index is 0.0595. The highest BCUT2D eigenvalue weighted by atomic mass is 19.4. The number of carboxylic acids is 1. The van der Waals surface area contributed by atoms with Gasteiger partial charge in [0.2, 0.25) is 0 Å². The Morgan fingerprint density at radius 1 is 1.03 bits per heavy atom. The zero-order valence-electron chi connectivity index (χ0n) is 18.8. The Morgan fingerprint density at radius 2 is 1.57 bits per heavy atom. The van der Waals surface area contributed by atoms with E-state index in [4.69, 9.17) is 4.74 Å². The Bertz CT molecular complexity index is 1000. The fraction of sp³-hybridized carbons (Fsp3) is 0.458. The summed E-state index contributed by atoms with van der Waals surface area (Å²) in [6.45, 7) is 1.08. The van der Waals surface area contributed by atoms with Gasteiger partial charge in [0, 0.05) is 12.0 Å². The van der Waals surface area contributed by atoms with Crippen LogP contribution in [0.1, 0.15) is 54.0 Å². The first kappa shape index (κ1) is 26.9. The Labute approximate surface area is 197 Å². The Kier molecular flexibility index (Phi) is 7.80. The van der Waals surface area contributed by atoms with Gasteiger partial charge >= 0.3 is 18.3 Å². The van der Waals surface area contributed by atoms with Gasteiger partial charge in [-0.2, -0.15) is 26.3 Å². The molecule has 1 fully saturated rings. The molecule has 35 heavy (non-hydrogen) atoms. The first-order valence-electron chi connectivity index (χ1n) is 10.8. The monoisotopic (exact) mass is 507 g/mol. The zero-order chi connectivity index (χ0) is 26.1. The Morgan fingerprint density at radius 3 is 2.06 bits per heavy atom. The van der Waals surface area contributed by atoms with E-state index in [-0.39, 0.29) is 24.2 Å². The van der Waals surface area contributed by atoms with Crippen molar-refractivity contribution in [1.29, 1.82) is 0 Å². The van der Waals surface area contributed by atoms with E-state index in [1.807, 2.05) is 0 Å². The van der Waals surface area contributed by atoms with Crippen molar-refractivity contribution >= 4 is 5.97 Å². The summed E-state index contributed by atoms with van der Waals surface area (Å²) in [5, 5.41) is 9.17. The molecular weight excluding hydrogens is 483 g/mol. The van der Waals surface area contributed by atoms with E-state index in [0.29, 0.717) is 30.5 Å². The van der Waals surface area contributed by atoms with E-state index < -0.39 is 53.4 Å². The van der Waals surface area contributed by atoms with Gasteiger partial charge in [0.25, 0.3) is 0 Å². The summed E-state index contributed by atoms with van der Waals surface area (Å²) >= 11 is 0. The predicted molar refractivity (Wildman–Crippen MR) is 112 cm³/mol. The fourth-order valence-electron chi connectivity index (χ4n) is 4.60. The van der Waals surface area contributed by atoms with Crippen LogP contribution in [0.2, 0.25) is 0 Å². The van der Waals surface area contributed by atoms with Crippen LogP contribution in [0, 0.1) is 5.82 Å². The minimum Gasteiger partial charge on any atom is -0.480 e. The highest BCUT2D eigenvalue weighted by Gasteiger charge is 2.42. The molecule has 1 saturated carbocycles. The minimum atomic E-state index is -4.98. The van der Waals surface area contributed by atoms with Crippen molar-refractivity contribution in [1.82, 2.24) is 4.90 Å². The van der Waals surface area contributed by atoms with Crippen LogP contribution in [0.15, 0.2) is 42.5 Å². The zero-order valence-corrected chi connectivity index (χ0v) is 18.8. The topological polar surface area (TPSA) is 49.8 Å². The van der Waals surface area contributed by atoms with Gasteiger partial charge in [-0.05, 0) is 68.3 Å². The van der Waals surface area contributed by atoms with Crippen LogP contribution in [-0.4, -0.2) is 41.7 Å². The average Bonchev–Trinajstić information content (AvgIpc) is 3.16. The molecule has 2 aromatic rings. The van der Waals surface area contributed by atoms with Crippen molar-refractivity contribution < 1.29 is 45.4 Å². The smallest absolute Gasteiger partial charge is 0.416 e. The second kappa shape index (κ2) is 10.1. The molecule has 0 amide bonds. The summed E-state index contributed by atoms with van der Waals surface area (Å²) in [5.74, 6) is -2.03. The van der Waals surface area contributed by atoms with Gasteiger partial charge in [0.1, 0.15) is 5.82 Å². The molecule has 0 heterocycles. The largest absolute Gasteiger partial charge is 0.480 e. The molecule has 3 rings (SSSR count). The third-order valence-electron chi connectivity index (χ3n) is 6.23. The highest BCUT2D eigenvalue weighted by molar-refractivity contribution is 5.69. The number of nitrogens with zero attached hydrogens (tertiary/aromatic N) is 1. The van der Waals surface area contributed by atoms with Crippen LogP contribution in [0.3, 0.4) is 0 Å². The van der Waals surface area contributed by atoms with E-state index in [1.54, 1.807) is 11.9 Å². The predicted octanol–water partition coefficient (Wildman–Crippen LogP) is 6.27. The maximum Gasteiger partial charge on any atom is 0.416 e. The van der Waals surface area contributed by atoms with Crippen molar-refractivity contribution in [2.75, 3.05) is 13.6 Å². The van der Waals surface area contributed by atoms with E-state index in [9.17, 15) is 40.6 Å².